The SMILES string of the molecule is CC(C)=CCOc1ccc2ccccc2c1I. The Hall–Kier alpha value is -1.03. The van der Waals surface area contributed by atoms with Crippen molar-refractivity contribution in [1.29, 1.82) is 0 Å². The molecule has 88 valence electrons. The minimum Gasteiger partial charge on any atom is -0.488 e. The number of ether oxygens (including phenoxy) is 1. The third kappa shape index (κ3) is 3.00. The highest BCUT2D eigenvalue weighted by molar-refractivity contribution is 14.1. The van der Waals surface area contributed by atoms with E-state index in [1.54, 1.807) is 0 Å². The first kappa shape index (κ1) is 12.4. The molecule has 2 heteroatoms. The molecule has 0 heterocycles. The van der Waals surface area contributed by atoms with Crippen LogP contribution in [0.3, 0.4) is 0 Å². The van der Waals surface area contributed by atoms with E-state index in [1.807, 2.05) is 6.07 Å². The molecule has 2 rings (SSSR count). The fraction of sp³-hybridized carbons (Fsp3) is 0.200. The Kier molecular flexibility index (Phi) is 4.05. The van der Waals surface area contributed by atoms with Gasteiger partial charge in [-0.15, -0.1) is 0 Å². The van der Waals surface area contributed by atoms with Gasteiger partial charge in [-0.3, -0.25) is 0 Å². The van der Waals surface area contributed by atoms with Gasteiger partial charge in [0.1, 0.15) is 12.4 Å². The molecule has 0 aliphatic heterocycles. The molecule has 0 saturated carbocycles. The summed E-state index contributed by atoms with van der Waals surface area (Å²) in [6.07, 6.45) is 2.09. The molecule has 1 nitrogen and oxygen atoms in total. The lowest BCUT2D eigenvalue weighted by molar-refractivity contribution is 0.360. The maximum Gasteiger partial charge on any atom is 0.133 e. The van der Waals surface area contributed by atoms with Gasteiger partial charge >= 0.3 is 0 Å². The Bertz CT molecular complexity index is 554. The quantitative estimate of drug-likeness (QED) is 0.578. The first-order valence-electron chi connectivity index (χ1n) is 5.62. The standard InChI is InChI=1S/C15H15IO/c1-11(2)9-10-17-14-8-7-12-5-3-4-6-13(12)15(14)16/h3-9H,10H2,1-2H3. The van der Waals surface area contributed by atoms with Crippen molar-refractivity contribution in [3.63, 3.8) is 0 Å². The largest absolute Gasteiger partial charge is 0.488 e. The summed E-state index contributed by atoms with van der Waals surface area (Å²) in [4.78, 5) is 0. The number of rotatable bonds is 3. The second-order valence-corrected chi connectivity index (χ2v) is 5.27. The monoisotopic (exact) mass is 338 g/mol. The molecule has 2 aromatic rings. The number of benzene rings is 2. The van der Waals surface area contributed by atoms with Gasteiger partial charge < -0.3 is 4.74 Å². The predicted molar refractivity (Wildman–Crippen MR) is 81.6 cm³/mol. The third-order valence-electron chi connectivity index (χ3n) is 2.56. The minimum atomic E-state index is 0.636. The van der Waals surface area contributed by atoms with Gasteiger partial charge in [0.05, 0.1) is 3.57 Å². The van der Waals surface area contributed by atoms with Crippen LogP contribution in [0.1, 0.15) is 13.8 Å². The maximum absolute atomic E-state index is 5.77. The average molecular weight is 338 g/mol. The molecule has 0 aliphatic carbocycles. The summed E-state index contributed by atoms with van der Waals surface area (Å²) in [5, 5.41) is 2.51. The number of hydrogen-bond donors (Lipinski definition) is 0. The average Bonchev–Trinajstić information content (AvgIpc) is 2.32. The van der Waals surface area contributed by atoms with E-state index in [-0.39, 0.29) is 0 Å². The zero-order chi connectivity index (χ0) is 12.3. The molecule has 0 bridgehead atoms. The summed E-state index contributed by atoms with van der Waals surface area (Å²) >= 11 is 2.35. The lowest BCUT2D eigenvalue weighted by Gasteiger charge is -2.09. The first-order chi connectivity index (χ1) is 8.18. The van der Waals surface area contributed by atoms with E-state index >= 15 is 0 Å². The molecule has 0 spiro atoms. The van der Waals surface area contributed by atoms with Crippen LogP contribution in [0.25, 0.3) is 10.8 Å². The van der Waals surface area contributed by atoms with Crippen molar-refractivity contribution in [2.45, 2.75) is 13.8 Å². The molecule has 0 fully saturated rings. The van der Waals surface area contributed by atoms with Gasteiger partial charge in [0.2, 0.25) is 0 Å². The van der Waals surface area contributed by atoms with Gasteiger partial charge in [-0.1, -0.05) is 35.9 Å². The van der Waals surface area contributed by atoms with E-state index in [9.17, 15) is 0 Å². The van der Waals surface area contributed by atoms with Crippen molar-refractivity contribution in [2.24, 2.45) is 0 Å². The fourth-order valence-corrected chi connectivity index (χ4v) is 2.45. The van der Waals surface area contributed by atoms with Crippen LogP contribution in [-0.2, 0) is 0 Å². The van der Waals surface area contributed by atoms with Crippen LogP contribution in [0.4, 0.5) is 0 Å². The molecule has 0 saturated heterocycles. The summed E-state index contributed by atoms with van der Waals surface area (Å²) in [6.45, 7) is 4.79. The molecule has 0 atom stereocenters. The van der Waals surface area contributed by atoms with Crippen LogP contribution in [0.5, 0.6) is 5.75 Å². The molecular formula is C15H15IO. The Morgan fingerprint density at radius 3 is 2.71 bits per heavy atom. The highest BCUT2D eigenvalue weighted by Gasteiger charge is 2.04. The van der Waals surface area contributed by atoms with Crippen LogP contribution < -0.4 is 4.74 Å². The van der Waals surface area contributed by atoms with E-state index in [0.717, 1.165) is 5.75 Å². The highest BCUT2D eigenvalue weighted by atomic mass is 127. The van der Waals surface area contributed by atoms with Gasteiger partial charge in [0.25, 0.3) is 0 Å². The second-order valence-electron chi connectivity index (χ2n) is 4.19. The topological polar surface area (TPSA) is 9.23 Å². The van der Waals surface area contributed by atoms with E-state index in [1.165, 1.54) is 19.9 Å². The normalized spacial score (nSPS) is 10.3. The summed E-state index contributed by atoms with van der Waals surface area (Å²) in [5.74, 6) is 0.960. The molecule has 0 N–H and O–H groups in total. The summed E-state index contributed by atoms with van der Waals surface area (Å²) in [5.41, 5.74) is 1.28. The Morgan fingerprint density at radius 1 is 1.18 bits per heavy atom. The zero-order valence-electron chi connectivity index (χ0n) is 10.0. The summed E-state index contributed by atoms with van der Waals surface area (Å²) in [7, 11) is 0. The summed E-state index contributed by atoms with van der Waals surface area (Å²) in [6, 6.07) is 12.5. The Labute approximate surface area is 116 Å². The first-order valence-corrected chi connectivity index (χ1v) is 6.70. The number of fused-ring (bicyclic) bond motifs is 1. The van der Waals surface area contributed by atoms with E-state index < -0.39 is 0 Å². The van der Waals surface area contributed by atoms with Crippen molar-refractivity contribution in [2.75, 3.05) is 6.61 Å². The molecule has 0 aromatic heterocycles. The van der Waals surface area contributed by atoms with Crippen LogP contribution in [0.2, 0.25) is 0 Å². The fourth-order valence-electron chi connectivity index (χ4n) is 1.62. The van der Waals surface area contributed by atoms with Crippen molar-refractivity contribution < 1.29 is 4.74 Å². The maximum atomic E-state index is 5.77. The van der Waals surface area contributed by atoms with Gasteiger partial charge in [0.15, 0.2) is 0 Å². The Morgan fingerprint density at radius 2 is 1.94 bits per heavy atom. The lowest BCUT2D eigenvalue weighted by atomic mass is 10.1. The van der Waals surface area contributed by atoms with E-state index in [4.69, 9.17) is 4.74 Å². The molecule has 0 unspecified atom stereocenters. The van der Waals surface area contributed by atoms with Crippen molar-refractivity contribution in [3.05, 3.63) is 51.6 Å². The lowest BCUT2D eigenvalue weighted by Crippen LogP contribution is -1.96. The second kappa shape index (κ2) is 5.54. The molecule has 2 aromatic carbocycles. The van der Waals surface area contributed by atoms with Crippen LogP contribution in [0.15, 0.2) is 48.0 Å². The zero-order valence-corrected chi connectivity index (χ0v) is 12.2. The molecule has 0 radical (unpaired) electrons. The van der Waals surface area contributed by atoms with Crippen LogP contribution in [-0.4, -0.2) is 6.61 Å². The minimum absolute atomic E-state index is 0.636. The van der Waals surface area contributed by atoms with E-state index in [2.05, 4.69) is 72.8 Å². The van der Waals surface area contributed by atoms with Gasteiger partial charge in [0, 0.05) is 0 Å². The number of halogens is 1. The van der Waals surface area contributed by atoms with E-state index in [0.29, 0.717) is 6.61 Å². The van der Waals surface area contributed by atoms with Crippen molar-refractivity contribution in [1.82, 2.24) is 0 Å². The predicted octanol–water partition coefficient (Wildman–Crippen LogP) is 4.79. The molecule has 0 aliphatic rings. The molecule has 17 heavy (non-hydrogen) atoms. The summed E-state index contributed by atoms with van der Waals surface area (Å²) < 4.78 is 6.96. The number of hydrogen-bond acceptors (Lipinski definition) is 1. The number of allylic oxidation sites excluding steroid dienone is 1. The van der Waals surface area contributed by atoms with Gasteiger partial charge in [-0.05, 0) is 59.4 Å². The van der Waals surface area contributed by atoms with Crippen LogP contribution in [0, 0.1) is 3.57 Å². The van der Waals surface area contributed by atoms with Crippen molar-refractivity contribution in [3.8, 4) is 5.75 Å². The van der Waals surface area contributed by atoms with Crippen LogP contribution >= 0.6 is 22.6 Å². The van der Waals surface area contributed by atoms with Gasteiger partial charge in [-0.25, -0.2) is 0 Å². The third-order valence-corrected chi connectivity index (χ3v) is 3.67. The molecule has 0 amide bonds. The molecular weight excluding hydrogens is 323 g/mol. The Balaban J connectivity index is 2.30. The highest BCUT2D eigenvalue weighted by Crippen LogP contribution is 2.29. The smallest absolute Gasteiger partial charge is 0.133 e. The van der Waals surface area contributed by atoms with Gasteiger partial charge in [-0.2, -0.15) is 0 Å². The van der Waals surface area contributed by atoms with Crippen molar-refractivity contribution >= 4 is 33.4 Å².